The van der Waals surface area contributed by atoms with Crippen LogP contribution < -0.4 is 10.2 Å². The minimum Gasteiger partial charge on any atom is -0.368 e. The van der Waals surface area contributed by atoms with Crippen LogP contribution in [0.3, 0.4) is 0 Å². The van der Waals surface area contributed by atoms with Crippen molar-refractivity contribution in [3.05, 3.63) is 30.3 Å². The first-order valence-electron chi connectivity index (χ1n) is 6.20. The predicted molar refractivity (Wildman–Crippen MR) is 72.1 cm³/mol. The van der Waals surface area contributed by atoms with E-state index in [1.54, 1.807) is 0 Å². The molecule has 0 radical (unpaired) electrons. The van der Waals surface area contributed by atoms with Crippen LogP contribution in [0.25, 0.3) is 0 Å². The lowest BCUT2D eigenvalue weighted by molar-refractivity contribution is 0.521. The van der Waals surface area contributed by atoms with Crippen molar-refractivity contribution in [3.8, 4) is 0 Å². The molecule has 0 aliphatic carbocycles. The summed E-state index contributed by atoms with van der Waals surface area (Å²) in [5.41, 5.74) is 1.31. The quantitative estimate of drug-likeness (QED) is 0.793. The van der Waals surface area contributed by atoms with Crippen molar-refractivity contribution in [2.75, 3.05) is 18.0 Å². The van der Waals surface area contributed by atoms with E-state index in [0.717, 1.165) is 13.1 Å². The monoisotopic (exact) mass is 220 g/mol. The first kappa shape index (κ1) is 13.0. The Kier molecular flexibility index (Phi) is 5.33. The lowest BCUT2D eigenvalue weighted by atomic mass is 10.2. The summed E-state index contributed by atoms with van der Waals surface area (Å²) >= 11 is 0. The van der Waals surface area contributed by atoms with E-state index in [9.17, 15) is 0 Å². The van der Waals surface area contributed by atoms with E-state index in [1.165, 1.54) is 5.69 Å². The lowest BCUT2D eigenvalue weighted by Gasteiger charge is -2.31. The molecule has 2 nitrogen and oxygen atoms in total. The van der Waals surface area contributed by atoms with Gasteiger partial charge in [-0.15, -0.1) is 0 Å². The zero-order chi connectivity index (χ0) is 12.0. The van der Waals surface area contributed by atoms with Crippen molar-refractivity contribution in [2.45, 2.75) is 39.8 Å². The lowest BCUT2D eigenvalue weighted by Crippen LogP contribution is -2.42. The second kappa shape index (κ2) is 6.54. The fourth-order valence-corrected chi connectivity index (χ4v) is 1.88. The van der Waals surface area contributed by atoms with Crippen LogP contribution in [-0.4, -0.2) is 25.2 Å². The molecule has 1 N–H and O–H groups in total. The third kappa shape index (κ3) is 3.86. The van der Waals surface area contributed by atoms with Crippen molar-refractivity contribution in [2.24, 2.45) is 0 Å². The largest absolute Gasteiger partial charge is 0.368 e. The highest BCUT2D eigenvalue weighted by Crippen LogP contribution is 2.15. The zero-order valence-electron chi connectivity index (χ0n) is 10.9. The zero-order valence-corrected chi connectivity index (χ0v) is 10.9. The minimum atomic E-state index is 0.523. The summed E-state index contributed by atoms with van der Waals surface area (Å²) in [6.07, 6.45) is 0. The van der Waals surface area contributed by atoms with Gasteiger partial charge in [-0.3, -0.25) is 0 Å². The Morgan fingerprint density at radius 2 is 1.75 bits per heavy atom. The van der Waals surface area contributed by atoms with Gasteiger partial charge in [0.1, 0.15) is 0 Å². The second-order valence-corrected chi connectivity index (χ2v) is 4.53. The summed E-state index contributed by atoms with van der Waals surface area (Å²) in [5, 5.41) is 3.49. The molecule has 1 atom stereocenters. The summed E-state index contributed by atoms with van der Waals surface area (Å²) < 4.78 is 0. The molecule has 0 fully saturated rings. The number of hydrogen-bond donors (Lipinski definition) is 1. The molecule has 0 heterocycles. The highest BCUT2D eigenvalue weighted by Gasteiger charge is 2.12. The van der Waals surface area contributed by atoms with Gasteiger partial charge in [0.25, 0.3) is 0 Å². The van der Waals surface area contributed by atoms with Gasteiger partial charge in [0, 0.05) is 30.9 Å². The van der Waals surface area contributed by atoms with Crippen LogP contribution in [-0.2, 0) is 0 Å². The summed E-state index contributed by atoms with van der Waals surface area (Å²) in [7, 11) is 0. The van der Waals surface area contributed by atoms with Gasteiger partial charge in [0.05, 0.1) is 0 Å². The number of anilines is 1. The fourth-order valence-electron chi connectivity index (χ4n) is 1.88. The van der Waals surface area contributed by atoms with Gasteiger partial charge in [-0.25, -0.2) is 0 Å². The molecule has 1 aromatic carbocycles. The normalized spacial score (nSPS) is 12.8. The number of nitrogens with zero attached hydrogens (tertiary/aromatic N) is 1. The Morgan fingerprint density at radius 3 is 2.25 bits per heavy atom. The topological polar surface area (TPSA) is 15.3 Å². The summed E-state index contributed by atoms with van der Waals surface area (Å²) in [4.78, 5) is 2.43. The van der Waals surface area contributed by atoms with Gasteiger partial charge in [0.15, 0.2) is 0 Å². The molecule has 0 saturated heterocycles. The SMILES string of the molecule is CCN(c1ccccc1)C(C)CNC(C)C. The van der Waals surface area contributed by atoms with Gasteiger partial charge in [0.2, 0.25) is 0 Å². The van der Waals surface area contributed by atoms with Crippen molar-refractivity contribution in [1.29, 1.82) is 0 Å². The van der Waals surface area contributed by atoms with Gasteiger partial charge in [-0.05, 0) is 26.0 Å². The molecular formula is C14H24N2. The highest BCUT2D eigenvalue weighted by atomic mass is 15.2. The molecule has 1 unspecified atom stereocenters. The van der Waals surface area contributed by atoms with Gasteiger partial charge in [-0.1, -0.05) is 32.0 Å². The number of benzene rings is 1. The fraction of sp³-hybridized carbons (Fsp3) is 0.571. The van der Waals surface area contributed by atoms with E-state index in [0.29, 0.717) is 12.1 Å². The molecule has 90 valence electrons. The second-order valence-electron chi connectivity index (χ2n) is 4.53. The minimum absolute atomic E-state index is 0.523. The molecule has 2 heteroatoms. The number of para-hydroxylation sites is 1. The standard InChI is InChI=1S/C14H24N2/c1-5-16(13(4)11-15-12(2)3)14-9-7-6-8-10-14/h6-10,12-13,15H,5,11H2,1-4H3. The molecule has 0 aromatic heterocycles. The number of hydrogen-bond acceptors (Lipinski definition) is 2. The first-order valence-corrected chi connectivity index (χ1v) is 6.20. The van der Waals surface area contributed by atoms with Crippen molar-refractivity contribution >= 4 is 5.69 Å². The molecule has 1 rings (SSSR count). The first-order chi connectivity index (χ1) is 7.65. The van der Waals surface area contributed by atoms with Crippen LogP contribution in [0.15, 0.2) is 30.3 Å². The van der Waals surface area contributed by atoms with E-state index in [-0.39, 0.29) is 0 Å². The molecule has 0 spiro atoms. The molecule has 1 aromatic rings. The molecule has 0 saturated carbocycles. The summed E-state index contributed by atoms with van der Waals surface area (Å²) in [6, 6.07) is 11.7. The number of rotatable bonds is 6. The smallest absolute Gasteiger partial charge is 0.0386 e. The van der Waals surface area contributed by atoms with Gasteiger partial charge in [-0.2, -0.15) is 0 Å². The molecular weight excluding hydrogens is 196 g/mol. The highest BCUT2D eigenvalue weighted by molar-refractivity contribution is 5.46. The molecule has 0 amide bonds. The van der Waals surface area contributed by atoms with Crippen LogP contribution in [0.5, 0.6) is 0 Å². The molecule has 16 heavy (non-hydrogen) atoms. The molecule has 0 aliphatic heterocycles. The average Bonchev–Trinajstić information content (AvgIpc) is 2.29. The van der Waals surface area contributed by atoms with Gasteiger partial charge < -0.3 is 10.2 Å². The van der Waals surface area contributed by atoms with Crippen LogP contribution in [0.2, 0.25) is 0 Å². The van der Waals surface area contributed by atoms with Crippen molar-refractivity contribution in [1.82, 2.24) is 5.32 Å². The van der Waals surface area contributed by atoms with E-state index in [1.807, 2.05) is 0 Å². The van der Waals surface area contributed by atoms with E-state index in [2.05, 4.69) is 68.2 Å². The Hall–Kier alpha value is -1.02. The Bertz CT molecular complexity index is 282. The average molecular weight is 220 g/mol. The van der Waals surface area contributed by atoms with E-state index >= 15 is 0 Å². The maximum absolute atomic E-state index is 3.49. The molecule has 0 bridgehead atoms. The van der Waals surface area contributed by atoms with Crippen LogP contribution in [0, 0.1) is 0 Å². The van der Waals surface area contributed by atoms with Gasteiger partial charge >= 0.3 is 0 Å². The van der Waals surface area contributed by atoms with Crippen LogP contribution >= 0.6 is 0 Å². The summed E-state index contributed by atoms with van der Waals surface area (Å²) in [6.45, 7) is 10.9. The predicted octanol–water partition coefficient (Wildman–Crippen LogP) is 2.90. The van der Waals surface area contributed by atoms with Crippen LogP contribution in [0.4, 0.5) is 5.69 Å². The maximum atomic E-state index is 3.49. The third-order valence-electron chi connectivity index (χ3n) is 2.78. The Morgan fingerprint density at radius 1 is 1.12 bits per heavy atom. The maximum Gasteiger partial charge on any atom is 0.0386 e. The van der Waals surface area contributed by atoms with E-state index in [4.69, 9.17) is 0 Å². The molecule has 0 aliphatic rings. The van der Waals surface area contributed by atoms with E-state index < -0.39 is 0 Å². The summed E-state index contributed by atoms with van der Waals surface area (Å²) in [5.74, 6) is 0. The Balaban J connectivity index is 2.60. The number of nitrogens with one attached hydrogen (secondary N) is 1. The van der Waals surface area contributed by atoms with Crippen molar-refractivity contribution < 1.29 is 0 Å². The number of likely N-dealkylation sites (N-methyl/N-ethyl adjacent to an activating group) is 1. The third-order valence-corrected chi connectivity index (χ3v) is 2.78. The van der Waals surface area contributed by atoms with Crippen LogP contribution in [0.1, 0.15) is 27.7 Å². The Labute approximate surface area is 99.7 Å². The van der Waals surface area contributed by atoms with Crippen molar-refractivity contribution in [3.63, 3.8) is 0 Å².